The van der Waals surface area contributed by atoms with Crippen LogP contribution in [0.2, 0.25) is 0 Å². The average molecular weight is 259 g/mol. The van der Waals surface area contributed by atoms with Gasteiger partial charge in [0.05, 0.1) is 5.69 Å². The molecule has 2 aromatic rings. The first-order valence-electron chi connectivity index (χ1n) is 6.91. The molecule has 0 bridgehead atoms. The first kappa shape index (κ1) is 13.7. The Balaban J connectivity index is 2.07. The summed E-state index contributed by atoms with van der Waals surface area (Å²) >= 11 is 0. The minimum atomic E-state index is 0.771. The summed E-state index contributed by atoms with van der Waals surface area (Å²) in [6.07, 6.45) is 6.90. The molecule has 5 nitrogen and oxygen atoms in total. The van der Waals surface area contributed by atoms with Gasteiger partial charge in [-0.2, -0.15) is 5.10 Å². The van der Waals surface area contributed by atoms with Crippen LogP contribution in [0.15, 0.2) is 24.5 Å². The van der Waals surface area contributed by atoms with Gasteiger partial charge in [-0.25, -0.2) is 4.98 Å². The summed E-state index contributed by atoms with van der Waals surface area (Å²) in [4.78, 5) is 4.35. The Bertz CT molecular complexity index is 489. The number of hydrogen-bond acceptors (Lipinski definition) is 4. The summed E-state index contributed by atoms with van der Waals surface area (Å²) in [6.45, 7) is 6.07. The SMILES string of the molecule is CCCNCc1ccc(-n2ccnc2CCC)nn1. The van der Waals surface area contributed by atoms with Gasteiger partial charge in [0.2, 0.25) is 0 Å². The van der Waals surface area contributed by atoms with Crippen LogP contribution in [0.4, 0.5) is 0 Å². The van der Waals surface area contributed by atoms with Crippen molar-refractivity contribution in [2.45, 2.75) is 39.7 Å². The van der Waals surface area contributed by atoms with E-state index in [2.05, 4.69) is 34.3 Å². The van der Waals surface area contributed by atoms with E-state index in [9.17, 15) is 0 Å². The van der Waals surface area contributed by atoms with Crippen molar-refractivity contribution in [2.24, 2.45) is 0 Å². The molecule has 2 aromatic heterocycles. The number of hydrogen-bond donors (Lipinski definition) is 1. The Morgan fingerprint density at radius 3 is 2.74 bits per heavy atom. The van der Waals surface area contributed by atoms with Gasteiger partial charge in [0, 0.05) is 25.4 Å². The maximum atomic E-state index is 4.35. The lowest BCUT2D eigenvalue weighted by Gasteiger charge is -2.06. The fourth-order valence-corrected chi connectivity index (χ4v) is 1.92. The van der Waals surface area contributed by atoms with E-state index >= 15 is 0 Å². The first-order valence-corrected chi connectivity index (χ1v) is 6.91. The summed E-state index contributed by atoms with van der Waals surface area (Å²) in [5.74, 6) is 1.87. The van der Waals surface area contributed by atoms with Crippen LogP contribution in [0, 0.1) is 0 Å². The summed E-state index contributed by atoms with van der Waals surface area (Å²) in [5.41, 5.74) is 0.967. The predicted octanol–water partition coefficient (Wildman–Crippen LogP) is 2.11. The number of aromatic nitrogens is 4. The van der Waals surface area contributed by atoms with Crippen molar-refractivity contribution in [1.82, 2.24) is 25.1 Å². The second-order valence-corrected chi connectivity index (χ2v) is 4.52. The van der Waals surface area contributed by atoms with Crippen molar-refractivity contribution in [2.75, 3.05) is 6.54 Å². The molecule has 0 saturated carbocycles. The van der Waals surface area contributed by atoms with Crippen LogP contribution in [-0.4, -0.2) is 26.3 Å². The topological polar surface area (TPSA) is 55.6 Å². The number of rotatable bonds is 7. The Morgan fingerprint density at radius 1 is 1.16 bits per heavy atom. The minimum absolute atomic E-state index is 0.771. The van der Waals surface area contributed by atoms with E-state index in [0.29, 0.717) is 0 Å². The van der Waals surface area contributed by atoms with E-state index < -0.39 is 0 Å². The Labute approximate surface area is 114 Å². The maximum absolute atomic E-state index is 4.35. The van der Waals surface area contributed by atoms with Crippen LogP contribution in [0.3, 0.4) is 0 Å². The fraction of sp³-hybridized carbons (Fsp3) is 0.500. The van der Waals surface area contributed by atoms with E-state index in [1.165, 1.54) is 0 Å². The van der Waals surface area contributed by atoms with Crippen LogP contribution in [-0.2, 0) is 13.0 Å². The van der Waals surface area contributed by atoms with E-state index in [1.54, 1.807) is 0 Å². The van der Waals surface area contributed by atoms with Gasteiger partial charge in [0.15, 0.2) is 5.82 Å². The predicted molar refractivity (Wildman–Crippen MR) is 75.1 cm³/mol. The zero-order valence-electron chi connectivity index (χ0n) is 11.6. The van der Waals surface area contributed by atoms with Crippen molar-refractivity contribution in [3.05, 3.63) is 36.0 Å². The highest BCUT2D eigenvalue weighted by molar-refractivity contribution is 5.24. The molecule has 0 atom stereocenters. The monoisotopic (exact) mass is 259 g/mol. The summed E-state index contributed by atoms with van der Waals surface area (Å²) in [7, 11) is 0. The molecule has 2 heterocycles. The summed E-state index contributed by atoms with van der Waals surface area (Å²) in [6, 6.07) is 4.01. The van der Waals surface area contributed by atoms with E-state index in [0.717, 1.165) is 49.7 Å². The molecule has 0 unspecified atom stereocenters. The molecule has 0 aliphatic carbocycles. The molecular weight excluding hydrogens is 238 g/mol. The van der Waals surface area contributed by atoms with Crippen LogP contribution < -0.4 is 5.32 Å². The smallest absolute Gasteiger partial charge is 0.160 e. The molecule has 0 amide bonds. The van der Waals surface area contributed by atoms with Crippen LogP contribution in [0.1, 0.15) is 38.2 Å². The van der Waals surface area contributed by atoms with Gasteiger partial charge in [-0.1, -0.05) is 13.8 Å². The van der Waals surface area contributed by atoms with Crippen molar-refractivity contribution >= 4 is 0 Å². The van der Waals surface area contributed by atoms with E-state index in [4.69, 9.17) is 0 Å². The lowest BCUT2D eigenvalue weighted by molar-refractivity contribution is 0.654. The van der Waals surface area contributed by atoms with Gasteiger partial charge < -0.3 is 5.32 Å². The third kappa shape index (κ3) is 3.61. The van der Waals surface area contributed by atoms with Crippen molar-refractivity contribution in [3.63, 3.8) is 0 Å². The number of aryl methyl sites for hydroxylation is 1. The molecule has 0 aliphatic heterocycles. The molecule has 0 radical (unpaired) electrons. The minimum Gasteiger partial charge on any atom is -0.311 e. The van der Waals surface area contributed by atoms with Gasteiger partial charge in [-0.3, -0.25) is 4.57 Å². The third-order valence-corrected chi connectivity index (χ3v) is 2.88. The molecule has 0 aromatic carbocycles. The molecule has 0 fully saturated rings. The van der Waals surface area contributed by atoms with Crippen molar-refractivity contribution in [1.29, 1.82) is 0 Å². The second kappa shape index (κ2) is 6.99. The molecule has 0 saturated heterocycles. The largest absolute Gasteiger partial charge is 0.311 e. The maximum Gasteiger partial charge on any atom is 0.160 e. The van der Waals surface area contributed by atoms with Crippen LogP contribution >= 0.6 is 0 Å². The summed E-state index contributed by atoms with van der Waals surface area (Å²) in [5, 5.41) is 11.8. The van der Waals surface area contributed by atoms with Gasteiger partial charge >= 0.3 is 0 Å². The second-order valence-electron chi connectivity index (χ2n) is 4.52. The molecule has 102 valence electrons. The lowest BCUT2D eigenvalue weighted by atomic mass is 10.3. The quantitative estimate of drug-likeness (QED) is 0.774. The molecular formula is C14H21N5. The highest BCUT2D eigenvalue weighted by Gasteiger charge is 2.05. The Kier molecular flexibility index (Phi) is 5.03. The van der Waals surface area contributed by atoms with E-state index in [1.807, 2.05) is 29.1 Å². The normalized spacial score (nSPS) is 10.8. The molecule has 0 aliphatic rings. The van der Waals surface area contributed by atoms with Crippen LogP contribution in [0.5, 0.6) is 0 Å². The van der Waals surface area contributed by atoms with Gasteiger partial charge in [-0.05, 0) is 31.5 Å². The third-order valence-electron chi connectivity index (χ3n) is 2.88. The zero-order chi connectivity index (χ0) is 13.5. The number of nitrogens with one attached hydrogen (secondary N) is 1. The van der Waals surface area contributed by atoms with Crippen molar-refractivity contribution < 1.29 is 0 Å². The highest BCUT2D eigenvalue weighted by atomic mass is 15.2. The lowest BCUT2D eigenvalue weighted by Crippen LogP contribution is -2.15. The standard InChI is InChI=1S/C14H21N5/c1-3-5-13-16-9-10-19(13)14-7-6-12(17-18-14)11-15-8-4-2/h6-7,9-10,15H,3-5,8,11H2,1-2H3. The summed E-state index contributed by atoms with van der Waals surface area (Å²) < 4.78 is 2.00. The molecule has 19 heavy (non-hydrogen) atoms. The number of imidazole rings is 1. The molecule has 0 spiro atoms. The Morgan fingerprint density at radius 2 is 2.05 bits per heavy atom. The van der Waals surface area contributed by atoms with Gasteiger partial charge in [0.1, 0.15) is 5.82 Å². The van der Waals surface area contributed by atoms with Crippen molar-refractivity contribution in [3.8, 4) is 5.82 Å². The average Bonchev–Trinajstić information content (AvgIpc) is 2.89. The highest BCUT2D eigenvalue weighted by Crippen LogP contribution is 2.09. The number of nitrogens with zero attached hydrogens (tertiary/aromatic N) is 4. The van der Waals surface area contributed by atoms with Crippen LogP contribution in [0.25, 0.3) is 5.82 Å². The molecule has 1 N–H and O–H groups in total. The Hall–Kier alpha value is -1.75. The van der Waals surface area contributed by atoms with Gasteiger partial charge in [0.25, 0.3) is 0 Å². The molecule has 2 rings (SSSR count). The van der Waals surface area contributed by atoms with E-state index in [-0.39, 0.29) is 0 Å². The van der Waals surface area contributed by atoms with Gasteiger partial charge in [-0.15, -0.1) is 5.10 Å². The first-order chi connectivity index (χ1) is 9.35. The fourth-order valence-electron chi connectivity index (χ4n) is 1.92. The molecule has 5 heteroatoms. The zero-order valence-corrected chi connectivity index (χ0v) is 11.6.